The summed E-state index contributed by atoms with van der Waals surface area (Å²) in [7, 11) is 0. The molecule has 1 N–H and O–H groups in total. The number of aromatic nitrogens is 4. The highest BCUT2D eigenvalue weighted by molar-refractivity contribution is 6.30. The van der Waals surface area contributed by atoms with E-state index in [4.69, 9.17) is 11.6 Å². The fraction of sp³-hybridized carbons (Fsp3) is 0.462. The lowest BCUT2D eigenvalue weighted by molar-refractivity contribution is 0.643. The fourth-order valence-electron chi connectivity index (χ4n) is 1.86. The second kappa shape index (κ2) is 5.57. The van der Waals surface area contributed by atoms with Gasteiger partial charge in [0.15, 0.2) is 0 Å². The lowest BCUT2D eigenvalue weighted by Crippen LogP contribution is -2.13. The zero-order valence-corrected chi connectivity index (χ0v) is 12.2. The number of hydrogen-bond acceptors (Lipinski definition) is 4. The van der Waals surface area contributed by atoms with E-state index in [2.05, 4.69) is 40.8 Å². The standard InChI is InChI=1S/C13H18ClN5/c1-8(2)5-10-11(14)18-13-16-7-17-19(13)12(10)15-6-9(3)4/h7-8,15H,3,5-6H2,1-2,4H3. The molecule has 0 unspecified atom stereocenters. The zero-order chi connectivity index (χ0) is 14.0. The molecule has 5 nitrogen and oxygen atoms in total. The van der Waals surface area contributed by atoms with Gasteiger partial charge < -0.3 is 5.32 Å². The van der Waals surface area contributed by atoms with Crippen LogP contribution >= 0.6 is 11.6 Å². The van der Waals surface area contributed by atoms with E-state index >= 15 is 0 Å². The van der Waals surface area contributed by atoms with Gasteiger partial charge in [-0.25, -0.2) is 0 Å². The summed E-state index contributed by atoms with van der Waals surface area (Å²) in [6.07, 6.45) is 2.31. The normalized spacial score (nSPS) is 11.2. The van der Waals surface area contributed by atoms with Crippen molar-refractivity contribution < 1.29 is 0 Å². The minimum atomic E-state index is 0.477. The summed E-state index contributed by atoms with van der Waals surface area (Å²) in [5.41, 5.74) is 2.01. The van der Waals surface area contributed by atoms with Crippen molar-refractivity contribution in [1.29, 1.82) is 0 Å². The van der Waals surface area contributed by atoms with Crippen LogP contribution in [0, 0.1) is 5.92 Å². The van der Waals surface area contributed by atoms with E-state index in [1.54, 1.807) is 4.52 Å². The molecule has 0 aromatic carbocycles. The van der Waals surface area contributed by atoms with Gasteiger partial charge in [0, 0.05) is 12.1 Å². The topological polar surface area (TPSA) is 55.1 Å². The number of fused-ring (bicyclic) bond motifs is 1. The first-order valence-electron chi connectivity index (χ1n) is 6.25. The van der Waals surface area contributed by atoms with Gasteiger partial charge >= 0.3 is 0 Å². The third-order valence-electron chi connectivity index (χ3n) is 2.64. The van der Waals surface area contributed by atoms with E-state index in [9.17, 15) is 0 Å². The smallest absolute Gasteiger partial charge is 0.255 e. The van der Waals surface area contributed by atoms with Crippen molar-refractivity contribution in [1.82, 2.24) is 19.6 Å². The molecule has 2 aromatic heterocycles. The molecule has 0 saturated heterocycles. The van der Waals surface area contributed by atoms with Crippen LogP contribution in [0.3, 0.4) is 0 Å². The van der Waals surface area contributed by atoms with Crippen molar-refractivity contribution >= 4 is 23.2 Å². The third-order valence-corrected chi connectivity index (χ3v) is 2.96. The molecule has 2 heterocycles. The lowest BCUT2D eigenvalue weighted by atomic mass is 10.0. The van der Waals surface area contributed by atoms with Crippen LogP contribution in [0.5, 0.6) is 0 Å². The first-order chi connectivity index (χ1) is 8.99. The van der Waals surface area contributed by atoms with E-state index in [-0.39, 0.29) is 0 Å². The van der Waals surface area contributed by atoms with Gasteiger partial charge in [-0.15, -0.1) is 0 Å². The Balaban J connectivity index is 2.51. The second-order valence-corrected chi connectivity index (χ2v) is 5.47. The fourth-order valence-corrected chi connectivity index (χ4v) is 2.10. The summed E-state index contributed by atoms with van der Waals surface area (Å²) in [6, 6.07) is 0. The van der Waals surface area contributed by atoms with Crippen LogP contribution < -0.4 is 5.32 Å². The Bertz CT molecular complexity index is 602. The molecule has 0 aliphatic heterocycles. The van der Waals surface area contributed by atoms with Gasteiger partial charge in [-0.1, -0.05) is 37.6 Å². The van der Waals surface area contributed by atoms with Crippen molar-refractivity contribution in [2.75, 3.05) is 11.9 Å². The van der Waals surface area contributed by atoms with Crippen LogP contribution in [0.1, 0.15) is 26.3 Å². The van der Waals surface area contributed by atoms with Crippen molar-refractivity contribution in [3.8, 4) is 0 Å². The maximum absolute atomic E-state index is 6.27. The van der Waals surface area contributed by atoms with Gasteiger partial charge in [-0.05, 0) is 19.3 Å². The monoisotopic (exact) mass is 279 g/mol. The van der Waals surface area contributed by atoms with Gasteiger partial charge in [0.1, 0.15) is 17.3 Å². The van der Waals surface area contributed by atoms with Gasteiger partial charge in [0.2, 0.25) is 0 Å². The van der Waals surface area contributed by atoms with Gasteiger partial charge in [0.05, 0.1) is 0 Å². The van der Waals surface area contributed by atoms with E-state index in [0.717, 1.165) is 23.4 Å². The van der Waals surface area contributed by atoms with Crippen LogP contribution in [0.25, 0.3) is 5.78 Å². The van der Waals surface area contributed by atoms with E-state index in [1.165, 1.54) is 6.33 Å². The first kappa shape index (κ1) is 13.8. The molecule has 0 aliphatic carbocycles. The minimum Gasteiger partial charge on any atom is -0.366 e. The highest BCUT2D eigenvalue weighted by atomic mass is 35.5. The predicted octanol–water partition coefficient (Wildman–Crippen LogP) is 2.96. The van der Waals surface area contributed by atoms with Crippen LogP contribution in [-0.2, 0) is 6.42 Å². The summed E-state index contributed by atoms with van der Waals surface area (Å²) >= 11 is 6.27. The molecule has 0 radical (unpaired) electrons. The van der Waals surface area contributed by atoms with Gasteiger partial charge in [-0.2, -0.15) is 19.6 Å². The summed E-state index contributed by atoms with van der Waals surface area (Å²) < 4.78 is 1.69. The SMILES string of the molecule is C=C(C)CNc1c(CC(C)C)c(Cl)nc2ncnn12. The minimum absolute atomic E-state index is 0.477. The van der Waals surface area contributed by atoms with Crippen molar-refractivity contribution in [3.63, 3.8) is 0 Å². The Hall–Kier alpha value is -1.62. The molecule has 19 heavy (non-hydrogen) atoms. The van der Waals surface area contributed by atoms with Crippen LogP contribution in [-0.4, -0.2) is 26.1 Å². The Morgan fingerprint density at radius 1 is 1.53 bits per heavy atom. The molecule has 102 valence electrons. The third kappa shape index (κ3) is 3.04. The van der Waals surface area contributed by atoms with Gasteiger partial charge in [-0.3, -0.25) is 0 Å². The summed E-state index contributed by atoms with van der Waals surface area (Å²) in [4.78, 5) is 8.35. The van der Waals surface area contributed by atoms with Crippen LogP contribution in [0.4, 0.5) is 5.82 Å². The first-order valence-corrected chi connectivity index (χ1v) is 6.63. The molecule has 2 rings (SSSR count). The zero-order valence-electron chi connectivity index (χ0n) is 11.4. The number of nitrogens with zero attached hydrogens (tertiary/aromatic N) is 4. The Morgan fingerprint density at radius 2 is 2.26 bits per heavy atom. The van der Waals surface area contributed by atoms with Crippen molar-refractivity contribution in [2.24, 2.45) is 5.92 Å². The Kier molecular flexibility index (Phi) is 4.04. The molecule has 0 bridgehead atoms. The molecule has 0 aliphatic rings. The number of anilines is 1. The second-order valence-electron chi connectivity index (χ2n) is 5.11. The van der Waals surface area contributed by atoms with Crippen molar-refractivity contribution in [3.05, 3.63) is 29.2 Å². The average Bonchev–Trinajstić information content (AvgIpc) is 2.75. The number of halogens is 1. The van der Waals surface area contributed by atoms with E-state index in [0.29, 0.717) is 23.4 Å². The molecular formula is C13H18ClN5. The number of rotatable bonds is 5. The summed E-state index contributed by atoms with van der Waals surface area (Å²) in [5, 5.41) is 8.01. The Morgan fingerprint density at radius 3 is 2.89 bits per heavy atom. The van der Waals surface area contributed by atoms with Crippen LogP contribution in [0.2, 0.25) is 5.15 Å². The summed E-state index contributed by atoms with van der Waals surface area (Å²) in [5.74, 6) is 1.83. The van der Waals surface area contributed by atoms with Crippen LogP contribution in [0.15, 0.2) is 18.5 Å². The predicted molar refractivity (Wildman–Crippen MR) is 77.6 cm³/mol. The maximum Gasteiger partial charge on any atom is 0.255 e. The maximum atomic E-state index is 6.27. The molecule has 0 spiro atoms. The van der Waals surface area contributed by atoms with E-state index < -0.39 is 0 Å². The summed E-state index contributed by atoms with van der Waals surface area (Å²) in [6.45, 7) is 10.8. The highest BCUT2D eigenvalue weighted by Crippen LogP contribution is 2.26. The van der Waals surface area contributed by atoms with E-state index in [1.807, 2.05) is 6.92 Å². The largest absolute Gasteiger partial charge is 0.366 e. The average molecular weight is 280 g/mol. The van der Waals surface area contributed by atoms with Gasteiger partial charge in [0.25, 0.3) is 5.78 Å². The van der Waals surface area contributed by atoms with Crippen molar-refractivity contribution in [2.45, 2.75) is 27.2 Å². The lowest BCUT2D eigenvalue weighted by Gasteiger charge is -2.15. The molecule has 0 amide bonds. The molecular weight excluding hydrogens is 262 g/mol. The Labute approximate surface area is 117 Å². The molecule has 0 fully saturated rings. The number of hydrogen-bond donors (Lipinski definition) is 1. The highest BCUT2D eigenvalue weighted by Gasteiger charge is 2.16. The molecule has 0 atom stereocenters. The molecule has 2 aromatic rings. The number of nitrogens with one attached hydrogen (secondary N) is 1. The molecule has 0 saturated carbocycles. The molecule has 6 heteroatoms. The quantitative estimate of drug-likeness (QED) is 0.675.